The van der Waals surface area contributed by atoms with Gasteiger partial charge in [0.15, 0.2) is 0 Å². The van der Waals surface area contributed by atoms with Crippen LogP contribution in [-0.4, -0.2) is 22.7 Å². The SMILES string of the molecule is O=C(O)C/C(=C/c1ccccc1OC(F)F)c1nc2ccccc2s1. The number of rotatable bonds is 6. The number of para-hydroxylation sites is 2. The Morgan fingerprint density at radius 1 is 1.20 bits per heavy atom. The molecule has 4 nitrogen and oxygen atoms in total. The van der Waals surface area contributed by atoms with Gasteiger partial charge in [-0.1, -0.05) is 30.3 Å². The first-order chi connectivity index (χ1) is 12.0. The van der Waals surface area contributed by atoms with Crippen LogP contribution in [-0.2, 0) is 4.79 Å². The fourth-order valence-corrected chi connectivity index (χ4v) is 3.33. The maximum absolute atomic E-state index is 12.6. The third-order valence-electron chi connectivity index (χ3n) is 3.38. The van der Waals surface area contributed by atoms with Crippen LogP contribution in [0, 0.1) is 0 Å². The number of benzene rings is 2. The number of carboxylic acid groups (broad SMARTS) is 1. The van der Waals surface area contributed by atoms with Crippen LogP contribution in [0.3, 0.4) is 0 Å². The zero-order valence-corrected chi connectivity index (χ0v) is 13.7. The van der Waals surface area contributed by atoms with E-state index >= 15 is 0 Å². The summed E-state index contributed by atoms with van der Waals surface area (Å²) in [4.78, 5) is 15.7. The Morgan fingerprint density at radius 3 is 2.64 bits per heavy atom. The lowest BCUT2D eigenvalue weighted by Crippen LogP contribution is -2.03. The van der Waals surface area contributed by atoms with Gasteiger partial charge in [-0.25, -0.2) is 4.98 Å². The van der Waals surface area contributed by atoms with Gasteiger partial charge in [-0.2, -0.15) is 8.78 Å². The number of hydrogen-bond donors (Lipinski definition) is 1. The Morgan fingerprint density at radius 2 is 1.92 bits per heavy atom. The summed E-state index contributed by atoms with van der Waals surface area (Å²) in [7, 11) is 0. The molecule has 0 aliphatic rings. The van der Waals surface area contributed by atoms with E-state index in [1.807, 2.05) is 24.3 Å². The van der Waals surface area contributed by atoms with Crippen LogP contribution in [0.4, 0.5) is 8.78 Å². The second kappa shape index (κ2) is 7.40. The van der Waals surface area contributed by atoms with Crippen molar-refractivity contribution in [2.45, 2.75) is 13.0 Å². The van der Waals surface area contributed by atoms with Crippen molar-refractivity contribution in [3.63, 3.8) is 0 Å². The van der Waals surface area contributed by atoms with Gasteiger partial charge in [-0.05, 0) is 29.8 Å². The van der Waals surface area contributed by atoms with Crippen molar-refractivity contribution in [1.29, 1.82) is 0 Å². The molecule has 1 N–H and O–H groups in total. The third kappa shape index (κ3) is 4.19. The van der Waals surface area contributed by atoms with Crippen LogP contribution in [0.5, 0.6) is 5.75 Å². The maximum Gasteiger partial charge on any atom is 0.387 e. The Bertz CT molecular complexity index is 904. The predicted molar refractivity (Wildman–Crippen MR) is 92.8 cm³/mol. The molecule has 2 aromatic carbocycles. The highest BCUT2D eigenvalue weighted by Crippen LogP contribution is 2.32. The number of halogens is 2. The molecule has 0 radical (unpaired) electrons. The number of aliphatic carboxylic acids is 1. The van der Waals surface area contributed by atoms with Crippen molar-refractivity contribution in [3.8, 4) is 5.75 Å². The molecule has 0 spiro atoms. The van der Waals surface area contributed by atoms with Crippen molar-refractivity contribution < 1.29 is 23.4 Å². The minimum Gasteiger partial charge on any atom is -0.481 e. The largest absolute Gasteiger partial charge is 0.481 e. The van der Waals surface area contributed by atoms with E-state index in [0.717, 1.165) is 10.2 Å². The fourth-order valence-electron chi connectivity index (χ4n) is 2.35. The monoisotopic (exact) mass is 361 g/mol. The molecule has 25 heavy (non-hydrogen) atoms. The van der Waals surface area contributed by atoms with Gasteiger partial charge in [-0.15, -0.1) is 11.3 Å². The zero-order chi connectivity index (χ0) is 17.8. The molecule has 1 aromatic heterocycles. The zero-order valence-electron chi connectivity index (χ0n) is 12.9. The molecule has 0 unspecified atom stereocenters. The van der Waals surface area contributed by atoms with E-state index in [0.29, 0.717) is 16.1 Å². The molecule has 3 aromatic rings. The van der Waals surface area contributed by atoms with Gasteiger partial charge in [0, 0.05) is 5.56 Å². The number of thiazole rings is 1. The van der Waals surface area contributed by atoms with Gasteiger partial charge in [0.25, 0.3) is 0 Å². The van der Waals surface area contributed by atoms with Crippen LogP contribution in [0.2, 0.25) is 0 Å². The number of carbonyl (C=O) groups is 1. The first kappa shape index (κ1) is 17.0. The Hall–Kier alpha value is -2.80. The highest BCUT2D eigenvalue weighted by atomic mass is 32.1. The molecular formula is C18H13F2NO3S. The smallest absolute Gasteiger partial charge is 0.387 e. The molecule has 0 atom stereocenters. The lowest BCUT2D eigenvalue weighted by Gasteiger charge is -2.09. The number of aromatic nitrogens is 1. The molecule has 0 aliphatic heterocycles. The molecule has 1 heterocycles. The standard InChI is InChI=1S/C18H13F2NO3S/c19-18(20)24-14-7-3-1-5-11(14)9-12(10-16(22)23)17-21-13-6-2-4-8-15(13)25-17/h1-9,18H,10H2,(H,22,23)/b12-9-. The highest BCUT2D eigenvalue weighted by Gasteiger charge is 2.14. The topological polar surface area (TPSA) is 59.4 Å². The Balaban J connectivity index is 2.07. The van der Waals surface area contributed by atoms with Crippen LogP contribution in [0.15, 0.2) is 48.5 Å². The van der Waals surface area contributed by atoms with Crippen LogP contribution < -0.4 is 4.74 Å². The summed E-state index contributed by atoms with van der Waals surface area (Å²) in [5.74, 6) is -1.04. The lowest BCUT2D eigenvalue weighted by molar-refractivity contribution is -0.135. The molecule has 128 valence electrons. The first-order valence-corrected chi connectivity index (χ1v) is 8.17. The molecule has 3 rings (SSSR count). The third-order valence-corrected chi connectivity index (χ3v) is 4.49. The second-order valence-corrected chi connectivity index (χ2v) is 6.17. The molecular weight excluding hydrogens is 348 g/mol. The van der Waals surface area contributed by atoms with Crippen molar-refractivity contribution in [2.75, 3.05) is 0 Å². The molecule has 0 amide bonds. The highest BCUT2D eigenvalue weighted by molar-refractivity contribution is 7.19. The number of hydrogen-bond acceptors (Lipinski definition) is 4. The van der Waals surface area contributed by atoms with Gasteiger partial charge < -0.3 is 9.84 Å². The minimum atomic E-state index is -2.96. The average Bonchev–Trinajstić information content (AvgIpc) is 2.99. The summed E-state index contributed by atoms with van der Waals surface area (Å²) in [5.41, 5.74) is 1.56. The summed E-state index contributed by atoms with van der Waals surface area (Å²) in [6.07, 6.45) is 1.26. The Labute approximate surface area is 146 Å². The summed E-state index contributed by atoms with van der Waals surface area (Å²) in [6, 6.07) is 13.7. The number of carboxylic acids is 1. The minimum absolute atomic E-state index is 0.0125. The summed E-state index contributed by atoms with van der Waals surface area (Å²) < 4.78 is 30.6. The van der Waals surface area contributed by atoms with Crippen LogP contribution >= 0.6 is 11.3 Å². The van der Waals surface area contributed by atoms with E-state index in [-0.39, 0.29) is 12.2 Å². The molecule has 0 bridgehead atoms. The van der Waals surface area contributed by atoms with E-state index in [9.17, 15) is 18.7 Å². The lowest BCUT2D eigenvalue weighted by atomic mass is 10.1. The quantitative estimate of drug-likeness (QED) is 0.677. The Kier molecular flexibility index (Phi) is 5.04. The average molecular weight is 361 g/mol. The molecule has 7 heteroatoms. The van der Waals surface area contributed by atoms with Crippen molar-refractivity contribution in [2.24, 2.45) is 0 Å². The van der Waals surface area contributed by atoms with E-state index in [4.69, 9.17) is 0 Å². The molecule has 0 fully saturated rings. The van der Waals surface area contributed by atoms with Gasteiger partial charge >= 0.3 is 12.6 Å². The van der Waals surface area contributed by atoms with Crippen molar-refractivity contribution >= 4 is 39.2 Å². The van der Waals surface area contributed by atoms with Gasteiger partial charge in [0.1, 0.15) is 10.8 Å². The predicted octanol–water partition coefficient (Wildman–Crippen LogP) is 4.91. The van der Waals surface area contributed by atoms with Crippen LogP contribution in [0.25, 0.3) is 21.9 Å². The van der Waals surface area contributed by atoms with E-state index < -0.39 is 12.6 Å². The van der Waals surface area contributed by atoms with Gasteiger partial charge in [0.05, 0.1) is 16.6 Å². The van der Waals surface area contributed by atoms with E-state index in [1.165, 1.54) is 23.5 Å². The maximum atomic E-state index is 12.6. The van der Waals surface area contributed by atoms with Gasteiger partial charge in [-0.3, -0.25) is 4.79 Å². The van der Waals surface area contributed by atoms with Crippen molar-refractivity contribution in [3.05, 3.63) is 59.1 Å². The van der Waals surface area contributed by atoms with Crippen LogP contribution in [0.1, 0.15) is 17.0 Å². The van der Waals surface area contributed by atoms with Gasteiger partial charge in [0.2, 0.25) is 0 Å². The van der Waals surface area contributed by atoms with Crippen molar-refractivity contribution in [1.82, 2.24) is 4.98 Å². The molecule has 0 saturated carbocycles. The number of fused-ring (bicyclic) bond motifs is 1. The van der Waals surface area contributed by atoms with E-state index in [2.05, 4.69) is 9.72 Å². The molecule has 0 saturated heterocycles. The number of nitrogens with zero attached hydrogens (tertiary/aromatic N) is 1. The number of alkyl halides is 2. The molecule has 0 aliphatic carbocycles. The first-order valence-electron chi connectivity index (χ1n) is 7.35. The summed E-state index contributed by atoms with van der Waals surface area (Å²) >= 11 is 1.35. The number of ether oxygens (including phenoxy) is 1. The summed E-state index contributed by atoms with van der Waals surface area (Å²) in [5, 5.41) is 9.74. The van der Waals surface area contributed by atoms with E-state index in [1.54, 1.807) is 18.2 Å². The fraction of sp³-hybridized carbons (Fsp3) is 0.111. The summed E-state index contributed by atoms with van der Waals surface area (Å²) in [6.45, 7) is -2.96. The normalized spacial score (nSPS) is 11.9. The second-order valence-electron chi connectivity index (χ2n) is 5.14.